The fourth-order valence-corrected chi connectivity index (χ4v) is 18.9. The van der Waals surface area contributed by atoms with Gasteiger partial charge in [0.2, 0.25) is 0 Å². The summed E-state index contributed by atoms with van der Waals surface area (Å²) in [7, 11) is 0. The lowest BCUT2D eigenvalue weighted by Crippen LogP contribution is -2.01. The van der Waals surface area contributed by atoms with E-state index in [4.69, 9.17) is 47.6 Å². The highest BCUT2D eigenvalue weighted by molar-refractivity contribution is 6.35. The minimum absolute atomic E-state index is 0.517. The monoisotopic (exact) mass is 1530 g/mol. The van der Waals surface area contributed by atoms with Crippen LogP contribution in [0, 0.1) is 0 Å². The predicted molar refractivity (Wildman–Crippen MR) is 492 cm³/mol. The predicted octanol–water partition coefficient (Wildman–Crippen LogP) is 29.9. The second-order valence-electron chi connectivity index (χ2n) is 30.8. The van der Waals surface area contributed by atoms with Gasteiger partial charge in [-0.1, -0.05) is 309 Å². The second kappa shape index (κ2) is 26.6. The van der Waals surface area contributed by atoms with E-state index in [1.165, 1.54) is 80.8 Å². The molecule has 0 bridgehead atoms. The smallest absolute Gasteiger partial charge is 0.167 e. The summed E-state index contributed by atoms with van der Waals surface area (Å²) >= 11 is 0. The summed E-state index contributed by atoms with van der Waals surface area (Å²) in [6, 6.07) is 132. The SMILES string of the molecule is c1cc(-c2nc(-c3cccc4c3oc3ccccc34)nc(-c3cccc4c3oc3ccccc34)n2)cc(-c2cc3c4ccccc4c4ccccc4c3c3ccccc23)c1.c1ccc(-c2cc3c4ccccc4c4ccccc4c3c3ccccc23)c(-c2nc(-c3cccc4c3oc3ccccc34)nc(-c3cccc4c3oc3ccccc34)n2)c1. The summed E-state index contributed by atoms with van der Waals surface area (Å²) in [4.78, 5) is 31.7. The first kappa shape index (κ1) is 67.1. The highest BCUT2D eigenvalue weighted by Gasteiger charge is 2.27. The molecule has 0 aliphatic rings. The van der Waals surface area contributed by atoms with E-state index in [9.17, 15) is 0 Å². The molecule has 0 radical (unpaired) electrons. The molecule has 6 aromatic heterocycles. The van der Waals surface area contributed by atoms with Crippen LogP contribution in [0.15, 0.2) is 394 Å². The van der Waals surface area contributed by atoms with E-state index in [0.717, 1.165) is 149 Å². The topological polar surface area (TPSA) is 130 Å². The number of rotatable bonds is 8. The van der Waals surface area contributed by atoms with Gasteiger partial charge in [0.15, 0.2) is 34.9 Å². The maximum absolute atomic E-state index is 6.57. The van der Waals surface area contributed by atoms with E-state index in [0.29, 0.717) is 34.9 Å². The van der Waals surface area contributed by atoms with Crippen molar-refractivity contribution >= 4 is 174 Å². The third kappa shape index (κ3) is 10.4. The molecule has 0 aliphatic carbocycles. The summed E-state index contributed by atoms with van der Waals surface area (Å²) in [5.41, 5.74) is 15.5. The molecule has 0 N–H and O–H groups in total. The highest BCUT2D eigenvalue weighted by atomic mass is 16.3. The molecular weight excluding hydrogens is 1470 g/mol. The van der Waals surface area contributed by atoms with Crippen molar-refractivity contribution in [2.45, 2.75) is 0 Å². The first-order valence-electron chi connectivity index (χ1n) is 40.4. The van der Waals surface area contributed by atoms with Gasteiger partial charge in [0.1, 0.15) is 44.7 Å². The number of para-hydroxylation sites is 8. The van der Waals surface area contributed by atoms with Crippen LogP contribution in [0.25, 0.3) is 265 Å². The lowest BCUT2D eigenvalue weighted by molar-refractivity contribution is 0.668. The van der Waals surface area contributed by atoms with Crippen LogP contribution in [0.3, 0.4) is 0 Å². The first-order chi connectivity index (χ1) is 59.5. The summed E-state index contributed by atoms with van der Waals surface area (Å²) in [5.74, 6) is 3.19. The van der Waals surface area contributed by atoms with Gasteiger partial charge in [-0.3, -0.25) is 0 Å². The van der Waals surface area contributed by atoms with Gasteiger partial charge in [0, 0.05) is 54.2 Å². The molecule has 556 valence electrons. The number of furan rings is 4. The molecule has 0 saturated heterocycles. The van der Waals surface area contributed by atoms with Crippen LogP contribution < -0.4 is 0 Å². The van der Waals surface area contributed by atoms with Crippen molar-refractivity contribution in [3.05, 3.63) is 376 Å². The van der Waals surface area contributed by atoms with Gasteiger partial charge in [-0.25, -0.2) is 29.9 Å². The molecule has 120 heavy (non-hydrogen) atoms. The fourth-order valence-electron chi connectivity index (χ4n) is 18.9. The number of fused-ring (bicyclic) bond motifs is 28. The van der Waals surface area contributed by atoms with Crippen molar-refractivity contribution in [3.8, 4) is 90.6 Å². The van der Waals surface area contributed by atoms with Gasteiger partial charge in [-0.2, -0.15) is 0 Å². The Kier molecular flexibility index (Phi) is 14.9. The average Bonchev–Trinajstić information content (AvgIpc) is 1.67. The van der Waals surface area contributed by atoms with Crippen molar-refractivity contribution in [1.82, 2.24) is 29.9 Å². The molecule has 0 spiro atoms. The summed E-state index contributed by atoms with van der Waals surface area (Å²) in [5, 5.41) is 27.9. The van der Waals surface area contributed by atoms with Gasteiger partial charge in [0.25, 0.3) is 0 Å². The zero-order valence-electron chi connectivity index (χ0n) is 64.1. The molecule has 0 aliphatic heterocycles. The van der Waals surface area contributed by atoms with Crippen molar-refractivity contribution in [1.29, 1.82) is 0 Å². The van der Waals surface area contributed by atoms with Crippen LogP contribution in [0.1, 0.15) is 0 Å². The fraction of sp³-hybridized carbons (Fsp3) is 0. The maximum Gasteiger partial charge on any atom is 0.167 e. The molecule has 0 amide bonds. The lowest BCUT2D eigenvalue weighted by Gasteiger charge is -2.18. The lowest BCUT2D eigenvalue weighted by atomic mass is 9.86. The summed E-state index contributed by atoms with van der Waals surface area (Å²) < 4.78 is 26.2. The standard InChI is InChI=1S/2C55H31N3O2/c1-2-17-34-32(15-1)33-16-3-6-22-39(33)50-40-23-7-4-18-35(40)46(31-47(34)50)36-19-5-8-24-43(36)53-56-54(44-27-13-25-41-37-20-9-11-29-48(37)59-51(41)44)58-55(57-53)45-28-14-26-42-38-21-10-12-30-49(38)60-52(42)45;1-2-18-36-34(16-1)35-17-3-5-22-40(35)50-41-23-6-4-19-37(41)46(31-47(36)50)32-14-11-15-33(30-32)53-56-54(44-26-12-24-42-38-20-7-9-28-48(38)59-51(42)44)58-55(57-53)45-27-13-25-43-39-21-8-10-29-49(39)60-52(43)45/h2*1-31H. The van der Waals surface area contributed by atoms with Crippen molar-refractivity contribution in [2.75, 3.05) is 0 Å². The largest absolute Gasteiger partial charge is 0.455 e. The summed E-state index contributed by atoms with van der Waals surface area (Å²) in [6.07, 6.45) is 0. The Morgan fingerprint density at radius 1 is 0.133 bits per heavy atom. The van der Waals surface area contributed by atoms with Gasteiger partial charge in [0.05, 0.1) is 22.3 Å². The Balaban J connectivity index is 0.000000133. The quantitative estimate of drug-likeness (QED) is 0.136. The van der Waals surface area contributed by atoms with E-state index < -0.39 is 0 Å². The van der Waals surface area contributed by atoms with E-state index in [-0.39, 0.29) is 0 Å². The third-order valence-corrected chi connectivity index (χ3v) is 24.2. The number of hydrogen-bond donors (Lipinski definition) is 0. The molecule has 0 atom stereocenters. The number of nitrogens with zero attached hydrogens (tertiary/aromatic N) is 6. The van der Waals surface area contributed by atoms with Crippen LogP contribution >= 0.6 is 0 Å². The minimum Gasteiger partial charge on any atom is -0.455 e. The molecule has 26 aromatic rings. The van der Waals surface area contributed by atoms with Crippen LogP contribution in [0.5, 0.6) is 0 Å². The minimum atomic E-state index is 0.517. The second-order valence-corrected chi connectivity index (χ2v) is 30.8. The zero-order chi connectivity index (χ0) is 78.6. The maximum atomic E-state index is 6.57. The van der Waals surface area contributed by atoms with E-state index in [1.54, 1.807) is 0 Å². The Morgan fingerprint density at radius 3 is 0.742 bits per heavy atom. The molecule has 0 saturated carbocycles. The van der Waals surface area contributed by atoms with Crippen LogP contribution in [0.2, 0.25) is 0 Å². The average molecular weight is 1530 g/mol. The van der Waals surface area contributed by atoms with E-state index >= 15 is 0 Å². The van der Waals surface area contributed by atoms with Gasteiger partial charge < -0.3 is 17.7 Å². The normalized spacial score (nSPS) is 12.0. The van der Waals surface area contributed by atoms with E-state index in [1.807, 2.05) is 121 Å². The molecule has 0 fully saturated rings. The zero-order valence-corrected chi connectivity index (χ0v) is 64.1. The highest BCUT2D eigenvalue weighted by Crippen LogP contribution is 2.49. The Labute approximate surface area is 683 Å². The van der Waals surface area contributed by atoms with Crippen LogP contribution in [0.4, 0.5) is 0 Å². The first-order valence-corrected chi connectivity index (χ1v) is 40.4. The molecular formula is C110H62N6O4. The van der Waals surface area contributed by atoms with Gasteiger partial charge >= 0.3 is 0 Å². The van der Waals surface area contributed by atoms with Crippen LogP contribution in [-0.2, 0) is 0 Å². The molecule has 0 unspecified atom stereocenters. The summed E-state index contributed by atoms with van der Waals surface area (Å²) in [6.45, 7) is 0. The number of benzene rings is 20. The molecule has 6 heterocycles. The van der Waals surface area contributed by atoms with Gasteiger partial charge in [-0.05, 0) is 175 Å². The molecule has 20 aromatic carbocycles. The third-order valence-electron chi connectivity index (χ3n) is 24.2. The Bertz CT molecular complexity index is 8590. The van der Waals surface area contributed by atoms with Crippen molar-refractivity contribution in [2.24, 2.45) is 0 Å². The Morgan fingerprint density at radius 2 is 0.367 bits per heavy atom. The number of hydrogen-bond acceptors (Lipinski definition) is 10. The van der Waals surface area contributed by atoms with Crippen LogP contribution in [-0.4, -0.2) is 29.9 Å². The number of aromatic nitrogens is 6. The van der Waals surface area contributed by atoms with Crippen molar-refractivity contribution in [3.63, 3.8) is 0 Å². The molecule has 26 rings (SSSR count). The van der Waals surface area contributed by atoms with Crippen molar-refractivity contribution < 1.29 is 17.7 Å². The molecule has 10 heteroatoms. The Hall–Kier alpha value is -16.3. The molecule has 10 nitrogen and oxygen atoms in total. The van der Waals surface area contributed by atoms with E-state index in [2.05, 4.69) is 255 Å². The van der Waals surface area contributed by atoms with Gasteiger partial charge in [-0.15, -0.1) is 0 Å².